The highest BCUT2D eigenvalue weighted by Crippen LogP contribution is 2.34. The molecule has 27 heavy (non-hydrogen) atoms. The summed E-state index contributed by atoms with van der Waals surface area (Å²) < 4.78 is 11.6. The zero-order valence-corrected chi connectivity index (χ0v) is 16.8. The van der Waals surface area contributed by atoms with Gasteiger partial charge in [0.05, 0.1) is 12.8 Å². The maximum Gasteiger partial charge on any atom is 0.227 e. The molecule has 144 valence electrons. The zero-order valence-electron chi connectivity index (χ0n) is 16.0. The highest BCUT2D eigenvalue weighted by molar-refractivity contribution is 5.98. The number of piperazine rings is 1. The van der Waals surface area contributed by atoms with E-state index in [-0.39, 0.29) is 12.4 Å². The third kappa shape index (κ3) is 3.95. The number of hydrogen-bond donors (Lipinski definition) is 1. The maximum atomic E-state index is 6.06. The van der Waals surface area contributed by atoms with Gasteiger partial charge in [-0.2, -0.15) is 0 Å². The predicted molar refractivity (Wildman–Crippen MR) is 111 cm³/mol. The minimum Gasteiger partial charge on any atom is -0.496 e. The van der Waals surface area contributed by atoms with Crippen LogP contribution in [0, 0.1) is 6.92 Å². The van der Waals surface area contributed by atoms with E-state index in [9.17, 15) is 0 Å². The van der Waals surface area contributed by atoms with Crippen LogP contribution >= 0.6 is 12.4 Å². The molecule has 1 fully saturated rings. The van der Waals surface area contributed by atoms with E-state index in [2.05, 4.69) is 29.3 Å². The number of ether oxygens (including phenoxy) is 1. The number of halogens is 1. The number of fused-ring (bicyclic) bond motifs is 1. The molecule has 0 amide bonds. The molecule has 1 N–H and O–H groups in total. The van der Waals surface area contributed by atoms with Crippen LogP contribution in [0.1, 0.15) is 18.4 Å². The molecule has 2 heterocycles. The Balaban J connectivity index is 0.00000210. The van der Waals surface area contributed by atoms with E-state index in [0.717, 1.165) is 59.7 Å². The molecule has 1 aliphatic heterocycles. The lowest BCUT2D eigenvalue weighted by atomic mass is 10.0. The second-order valence-corrected chi connectivity index (χ2v) is 6.97. The summed E-state index contributed by atoms with van der Waals surface area (Å²) in [6.07, 6.45) is 0. The van der Waals surface area contributed by atoms with Crippen molar-refractivity contribution in [3.05, 3.63) is 47.9 Å². The highest BCUT2D eigenvalue weighted by atomic mass is 35.5. The van der Waals surface area contributed by atoms with Crippen LogP contribution < -0.4 is 10.1 Å². The summed E-state index contributed by atoms with van der Waals surface area (Å²) in [6, 6.07) is 12.7. The second-order valence-electron chi connectivity index (χ2n) is 6.97. The number of rotatable bonds is 4. The van der Waals surface area contributed by atoms with Crippen LogP contribution in [0.2, 0.25) is 0 Å². The smallest absolute Gasteiger partial charge is 0.227 e. The third-order valence-electron chi connectivity index (χ3n) is 5.05. The lowest BCUT2D eigenvalue weighted by Gasteiger charge is -2.31. The lowest BCUT2D eigenvalue weighted by molar-refractivity contribution is 0.197. The summed E-state index contributed by atoms with van der Waals surface area (Å²) >= 11 is 0. The summed E-state index contributed by atoms with van der Waals surface area (Å²) in [5, 5.41) is 5.64. The van der Waals surface area contributed by atoms with Crippen LogP contribution in [-0.2, 0) is 6.54 Å². The molecule has 3 aromatic rings. The summed E-state index contributed by atoms with van der Waals surface area (Å²) in [5.74, 6) is 2.44. The van der Waals surface area contributed by atoms with Crippen molar-refractivity contribution in [3.8, 4) is 17.2 Å². The first-order chi connectivity index (χ1) is 12.7. The average Bonchev–Trinajstić information content (AvgIpc) is 3.01. The standard InChI is InChI=1S/C21H25N3O2.ClH/c1-14-12-24(11-10-22-14)13-19-15(2)26-21(23-19)18-8-9-20(25-3)17-7-5-4-6-16(17)18;/h4-9,14,22H,10-13H2,1-3H3;1H. The summed E-state index contributed by atoms with van der Waals surface area (Å²) in [6.45, 7) is 8.15. The number of nitrogens with one attached hydrogen (secondary N) is 1. The van der Waals surface area contributed by atoms with Crippen LogP contribution in [0.5, 0.6) is 5.75 Å². The van der Waals surface area contributed by atoms with Crippen molar-refractivity contribution < 1.29 is 9.15 Å². The quantitative estimate of drug-likeness (QED) is 0.732. The number of nitrogens with zero attached hydrogens (tertiary/aromatic N) is 2. The highest BCUT2D eigenvalue weighted by Gasteiger charge is 2.20. The maximum absolute atomic E-state index is 6.06. The average molecular weight is 388 g/mol. The Morgan fingerprint density at radius 1 is 1.22 bits per heavy atom. The number of hydrogen-bond acceptors (Lipinski definition) is 5. The molecule has 4 rings (SSSR count). The monoisotopic (exact) mass is 387 g/mol. The van der Waals surface area contributed by atoms with Gasteiger partial charge >= 0.3 is 0 Å². The van der Waals surface area contributed by atoms with Crippen molar-refractivity contribution in [2.24, 2.45) is 0 Å². The van der Waals surface area contributed by atoms with Crippen molar-refractivity contribution in [2.75, 3.05) is 26.7 Å². The normalized spacial score (nSPS) is 17.7. The summed E-state index contributed by atoms with van der Waals surface area (Å²) in [7, 11) is 1.70. The van der Waals surface area contributed by atoms with Crippen molar-refractivity contribution >= 4 is 23.2 Å². The fourth-order valence-corrected chi connectivity index (χ4v) is 3.69. The van der Waals surface area contributed by atoms with E-state index in [1.807, 2.05) is 31.2 Å². The van der Waals surface area contributed by atoms with Crippen molar-refractivity contribution in [2.45, 2.75) is 26.4 Å². The minimum absolute atomic E-state index is 0. The van der Waals surface area contributed by atoms with Gasteiger partial charge in [0.15, 0.2) is 0 Å². The van der Waals surface area contributed by atoms with E-state index in [0.29, 0.717) is 11.9 Å². The molecular formula is C21H26ClN3O2. The number of methoxy groups -OCH3 is 1. The lowest BCUT2D eigenvalue weighted by Crippen LogP contribution is -2.48. The van der Waals surface area contributed by atoms with E-state index in [4.69, 9.17) is 14.1 Å². The molecule has 0 aliphatic carbocycles. The first kappa shape index (κ1) is 19.7. The number of aromatic nitrogens is 1. The first-order valence-electron chi connectivity index (χ1n) is 9.14. The van der Waals surface area contributed by atoms with E-state index >= 15 is 0 Å². The van der Waals surface area contributed by atoms with Gasteiger partial charge in [0.2, 0.25) is 5.89 Å². The Morgan fingerprint density at radius 3 is 2.74 bits per heavy atom. The molecule has 5 nitrogen and oxygen atoms in total. The van der Waals surface area contributed by atoms with Gasteiger partial charge < -0.3 is 14.5 Å². The molecule has 2 aromatic carbocycles. The van der Waals surface area contributed by atoms with E-state index < -0.39 is 0 Å². The van der Waals surface area contributed by atoms with E-state index in [1.54, 1.807) is 7.11 Å². The van der Waals surface area contributed by atoms with Crippen molar-refractivity contribution in [1.82, 2.24) is 15.2 Å². The van der Waals surface area contributed by atoms with Crippen LogP contribution in [-0.4, -0.2) is 42.7 Å². The van der Waals surface area contributed by atoms with Crippen molar-refractivity contribution in [1.29, 1.82) is 0 Å². The Hall–Kier alpha value is -2.08. The van der Waals surface area contributed by atoms with Gasteiger partial charge in [-0.1, -0.05) is 24.3 Å². The predicted octanol–water partition coefficient (Wildman–Crippen LogP) is 4.03. The molecule has 1 aliphatic rings. The molecule has 6 heteroatoms. The fraction of sp³-hybridized carbons (Fsp3) is 0.381. The van der Waals surface area contributed by atoms with Gasteiger partial charge in [-0.3, -0.25) is 4.90 Å². The third-order valence-corrected chi connectivity index (χ3v) is 5.05. The second kappa shape index (κ2) is 8.30. The van der Waals surface area contributed by atoms with Crippen LogP contribution in [0.3, 0.4) is 0 Å². The van der Waals surface area contributed by atoms with Gasteiger partial charge in [0.25, 0.3) is 0 Å². The molecule has 0 spiro atoms. The van der Waals surface area contributed by atoms with Gasteiger partial charge in [-0.05, 0) is 31.4 Å². The Bertz CT molecular complexity index is 925. The fourth-order valence-electron chi connectivity index (χ4n) is 3.69. The number of aryl methyl sites for hydroxylation is 1. The van der Waals surface area contributed by atoms with Crippen LogP contribution in [0.25, 0.3) is 22.2 Å². The molecule has 1 unspecified atom stereocenters. The SMILES string of the molecule is COc1ccc(-c2nc(CN3CCNC(C)C3)c(C)o2)c2ccccc12.Cl. The molecule has 0 radical (unpaired) electrons. The number of oxazole rings is 1. The summed E-state index contributed by atoms with van der Waals surface area (Å²) in [5.41, 5.74) is 2.03. The van der Waals surface area contributed by atoms with Gasteiger partial charge in [0.1, 0.15) is 11.5 Å². The largest absolute Gasteiger partial charge is 0.496 e. The van der Waals surface area contributed by atoms with Gasteiger partial charge in [-0.15, -0.1) is 12.4 Å². The molecule has 0 saturated carbocycles. The van der Waals surface area contributed by atoms with Gasteiger partial charge in [-0.25, -0.2) is 4.98 Å². The number of benzene rings is 2. The van der Waals surface area contributed by atoms with E-state index in [1.165, 1.54) is 0 Å². The topological polar surface area (TPSA) is 50.5 Å². The molecule has 1 aromatic heterocycles. The Labute approximate surface area is 166 Å². The van der Waals surface area contributed by atoms with Crippen LogP contribution in [0.15, 0.2) is 40.8 Å². The molecule has 1 saturated heterocycles. The summed E-state index contributed by atoms with van der Waals surface area (Å²) in [4.78, 5) is 7.27. The molecular weight excluding hydrogens is 362 g/mol. The first-order valence-corrected chi connectivity index (χ1v) is 9.14. The minimum atomic E-state index is 0. The zero-order chi connectivity index (χ0) is 18.1. The van der Waals surface area contributed by atoms with Gasteiger partial charge in [0, 0.05) is 43.2 Å². The molecule has 0 bridgehead atoms. The Kier molecular flexibility index (Phi) is 6.05. The van der Waals surface area contributed by atoms with Crippen molar-refractivity contribution in [3.63, 3.8) is 0 Å². The molecule has 1 atom stereocenters. The Morgan fingerprint density at radius 2 is 2.00 bits per heavy atom. The van der Waals surface area contributed by atoms with Crippen LogP contribution in [0.4, 0.5) is 0 Å².